The lowest BCUT2D eigenvalue weighted by molar-refractivity contribution is -0.116. The number of anilines is 1. The van der Waals surface area contributed by atoms with Gasteiger partial charge in [0.15, 0.2) is 0 Å². The van der Waals surface area contributed by atoms with Crippen LogP contribution in [0.2, 0.25) is 0 Å². The van der Waals surface area contributed by atoms with Gasteiger partial charge in [0.2, 0.25) is 5.91 Å². The van der Waals surface area contributed by atoms with E-state index < -0.39 is 0 Å². The molecule has 30 heavy (non-hydrogen) atoms. The third kappa shape index (κ3) is 3.69. The molecular formula is C23H22N4O3. The number of nitrogens with zero attached hydrogens (tertiary/aromatic N) is 3. The average molecular weight is 402 g/mol. The fourth-order valence-electron chi connectivity index (χ4n) is 3.45. The molecule has 0 spiro atoms. The maximum absolute atomic E-state index is 13.0. The number of carbonyl (C=O) groups is 1. The Labute approximate surface area is 173 Å². The molecule has 0 unspecified atom stereocenters. The molecule has 0 radical (unpaired) electrons. The van der Waals surface area contributed by atoms with E-state index >= 15 is 0 Å². The van der Waals surface area contributed by atoms with Crippen molar-refractivity contribution in [2.45, 2.75) is 20.0 Å². The maximum Gasteiger partial charge on any atom is 0.277 e. The lowest BCUT2D eigenvalue weighted by Gasteiger charge is -2.09. The van der Waals surface area contributed by atoms with Crippen LogP contribution in [0, 0.1) is 0 Å². The molecule has 0 aliphatic rings. The highest BCUT2D eigenvalue weighted by Crippen LogP contribution is 2.27. The number of carbonyl (C=O) groups excluding carboxylic acids is 1. The first kappa shape index (κ1) is 19.4. The monoisotopic (exact) mass is 402 g/mol. The van der Waals surface area contributed by atoms with E-state index in [1.807, 2.05) is 43.5 Å². The Bertz CT molecular complexity index is 1260. The van der Waals surface area contributed by atoms with Crippen LogP contribution in [0.4, 0.5) is 5.69 Å². The smallest absolute Gasteiger partial charge is 0.277 e. The molecule has 0 bridgehead atoms. The van der Waals surface area contributed by atoms with Crippen molar-refractivity contribution in [2.24, 2.45) is 0 Å². The van der Waals surface area contributed by atoms with E-state index in [0.717, 1.165) is 11.1 Å². The van der Waals surface area contributed by atoms with E-state index in [4.69, 9.17) is 4.74 Å². The van der Waals surface area contributed by atoms with Crippen molar-refractivity contribution in [1.82, 2.24) is 14.1 Å². The molecule has 7 heteroatoms. The summed E-state index contributed by atoms with van der Waals surface area (Å²) in [6.07, 6.45) is 3.37. The Morgan fingerprint density at radius 2 is 1.90 bits per heavy atom. The van der Waals surface area contributed by atoms with Crippen LogP contribution < -0.4 is 15.6 Å². The first-order valence-electron chi connectivity index (χ1n) is 9.68. The van der Waals surface area contributed by atoms with Crippen LogP contribution in [0.25, 0.3) is 22.2 Å². The van der Waals surface area contributed by atoms with Crippen LogP contribution >= 0.6 is 0 Å². The lowest BCUT2D eigenvalue weighted by atomic mass is 10.1. The second-order valence-corrected chi connectivity index (χ2v) is 6.85. The summed E-state index contributed by atoms with van der Waals surface area (Å²) < 4.78 is 8.41. The number of methoxy groups -OCH3 is 1. The number of hydrogen-bond acceptors (Lipinski definition) is 4. The van der Waals surface area contributed by atoms with Gasteiger partial charge in [-0.3, -0.25) is 14.2 Å². The molecule has 0 aliphatic heterocycles. The van der Waals surface area contributed by atoms with Crippen molar-refractivity contribution in [2.75, 3.05) is 12.4 Å². The van der Waals surface area contributed by atoms with Crippen molar-refractivity contribution >= 4 is 22.6 Å². The molecule has 2 heterocycles. The van der Waals surface area contributed by atoms with Crippen LogP contribution in [0.15, 0.2) is 71.9 Å². The van der Waals surface area contributed by atoms with Crippen LogP contribution in [0.5, 0.6) is 5.75 Å². The zero-order valence-electron chi connectivity index (χ0n) is 16.8. The van der Waals surface area contributed by atoms with Crippen molar-refractivity contribution < 1.29 is 9.53 Å². The van der Waals surface area contributed by atoms with E-state index in [-0.39, 0.29) is 18.0 Å². The number of ether oxygens (including phenoxy) is 1. The van der Waals surface area contributed by atoms with Gasteiger partial charge in [0.1, 0.15) is 23.3 Å². The van der Waals surface area contributed by atoms with Crippen molar-refractivity contribution in [1.29, 1.82) is 0 Å². The second-order valence-electron chi connectivity index (χ2n) is 6.85. The molecule has 0 aliphatic carbocycles. The highest BCUT2D eigenvalue weighted by molar-refractivity contribution is 5.95. The highest BCUT2D eigenvalue weighted by atomic mass is 16.5. The summed E-state index contributed by atoms with van der Waals surface area (Å²) in [5.74, 6) is 0.409. The third-order valence-electron chi connectivity index (χ3n) is 4.93. The summed E-state index contributed by atoms with van der Waals surface area (Å²) >= 11 is 0. The number of rotatable bonds is 6. The molecule has 0 fully saturated rings. The van der Waals surface area contributed by atoms with Gasteiger partial charge < -0.3 is 14.6 Å². The van der Waals surface area contributed by atoms with Gasteiger partial charge in [0.25, 0.3) is 5.56 Å². The Morgan fingerprint density at radius 1 is 1.10 bits per heavy atom. The van der Waals surface area contributed by atoms with Gasteiger partial charge in [-0.25, -0.2) is 4.98 Å². The number of fused-ring (bicyclic) bond motifs is 1. The molecule has 2 aromatic carbocycles. The van der Waals surface area contributed by atoms with Crippen molar-refractivity contribution in [3.05, 3.63) is 77.5 Å². The average Bonchev–Trinajstić information content (AvgIpc) is 3.13. The standard InChI is InChI=1S/C23H22N4O3/c1-3-26-15-24-21-19(16-8-5-4-6-9-16)13-27(22(21)23(26)29)14-20(28)25-17-10-7-11-18(12-17)30-2/h4-13,15H,3,14H2,1-2H3,(H,25,28). The Kier molecular flexibility index (Phi) is 5.34. The van der Waals surface area contributed by atoms with Crippen LogP contribution in [-0.2, 0) is 17.9 Å². The summed E-state index contributed by atoms with van der Waals surface area (Å²) in [5.41, 5.74) is 3.22. The predicted molar refractivity (Wildman–Crippen MR) is 117 cm³/mol. The van der Waals surface area contributed by atoms with E-state index in [9.17, 15) is 9.59 Å². The number of hydrogen-bond donors (Lipinski definition) is 1. The molecule has 1 N–H and O–H groups in total. The molecule has 4 rings (SSSR count). The lowest BCUT2D eigenvalue weighted by Crippen LogP contribution is -2.24. The van der Waals surface area contributed by atoms with Gasteiger partial charge in [-0.1, -0.05) is 36.4 Å². The summed E-state index contributed by atoms with van der Waals surface area (Å²) in [6, 6.07) is 16.9. The summed E-state index contributed by atoms with van der Waals surface area (Å²) in [4.78, 5) is 30.3. The van der Waals surface area contributed by atoms with Gasteiger partial charge in [0.05, 0.1) is 13.4 Å². The van der Waals surface area contributed by atoms with E-state index in [0.29, 0.717) is 29.0 Å². The normalized spacial score (nSPS) is 10.9. The fraction of sp³-hybridized carbons (Fsp3) is 0.174. The quantitative estimate of drug-likeness (QED) is 0.535. The molecule has 2 aromatic heterocycles. The minimum Gasteiger partial charge on any atom is -0.497 e. The molecule has 152 valence electrons. The summed E-state index contributed by atoms with van der Waals surface area (Å²) in [6.45, 7) is 2.38. The van der Waals surface area contributed by atoms with E-state index in [2.05, 4.69) is 10.3 Å². The van der Waals surface area contributed by atoms with E-state index in [1.165, 1.54) is 4.57 Å². The molecule has 0 saturated heterocycles. The fourth-order valence-corrected chi connectivity index (χ4v) is 3.45. The molecule has 0 saturated carbocycles. The molecule has 4 aromatic rings. The van der Waals surface area contributed by atoms with Crippen molar-refractivity contribution in [3.63, 3.8) is 0 Å². The summed E-state index contributed by atoms with van der Waals surface area (Å²) in [7, 11) is 1.57. The van der Waals surface area contributed by atoms with Crippen molar-refractivity contribution in [3.8, 4) is 16.9 Å². The zero-order valence-corrected chi connectivity index (χ0v) is 16.8. The SMILES string of the molecule is CCn1cnc2c(-c3ccccc3)cn(CC(=O)Nc3cccc(OC)c3)c2c1=O. The predicted octanol–water partition coefficient (Wildman–Crippen LogP) is 3.53. The topological polar surface area (TPSA) is 78.2 Å². The zero-order chi connectivity index (χ0) is 21.1. The van der Waals surface area contributed by atoms with Crippen LogP contribution in [0.3, 0.4) is 0 Å². The largest absolute Gasteiger partial charge is 0.497 e. The Balaban J connectivity index is 1.74. The summed E-state index contributed by atoms with van der Waals surface area (Å²) in [5, 5.41) is 2.86. The van der Waals surface area contributed by atoms with Crippen LogP contribution in [-0.4, -0.2) is 27.1 Å². The third-order valence-corrected chi connectivity index (χ3v) is 4.93. The number of aromatic nitrogens is 3. The van der Waals surface area contributed by atoms with Gasteiger partial charge in [-0.05, 0) is 24.6 Å². The highest BCUT2D eigenvalue weighted by Gasteiger charge is 2.17. The minimum absolute atomic E-state index is 0.00874. The van der Waals surface area contributed by atoms with Gasteiger partial charge in [-0.15, -0.1) is 0 Å². The number of nitrogens with one attached hydrogen (secondary N) is 1. The Hall–Kier alpha value is -3.87. The second kappa shape index (κ2) is 8.24. The van der Waals surface area contributed by atoms with Crippen LogP contribution in [0.1, 0.15) is 6.92 Å². The molecular weight excluding hydrogens is 380 g/mol. The molecule has 0 atom stereocenters. The van der Waals surface area contributed by atoms with Gasteiger partial charge in [0, 0.05) is 30.1 Å². The number of aryl methyl sites for hydroxylation is 1. The molecule has 7 nitrogen and oxygen atoms in total. The number of benzene rings is 2. The first-order valence-corrected chi connectivity index (χ1v) is 9.68. The van der Waals surface area contributed by atoms with Gasteiger partial charge in [-0.2, -0.15) is 0 Å². The van der Waals surface area contributed by atoms with Gasteiger partial charge >= 0.3 is 0 Å². The van der Waals surface area contributed by atoms with E-state index in [1.54, 1.807) is 42.3 Å². The maximum atomic E-state index is 13.0. The Morgan fingerprint density at radius 3 is 2.63 bits per heavy atom. The molecule has 1 amide bonds. The minimum atomic E-state index is -0.244. The number of amides is 1. The first-order chi connectivity index (χ1) is 14.6.